The summed E-state index contributed by atoms with van der Waals surface area (Å²) >= 11 is 0. The molecule has 0 saturated heterocycles. The minimum absolute atomic E-state index is 0.142. The fourth-order valence-corrected chi connectivity index (χ4v) is 3.05. The molecule has 0 bridgehead atoms. The van der Waals surface area contributed by atoms with Crippen molar-refractivity contribution in [2.45, 2.75) is 13.3 Å². The highest BCUT2D eigenvalue weighted by Gasteiger charge is 2.11. The first kappa shape index (κ1) is 15.2. The summed E-state index contributed by atoms with van der Waals surface area (Å²) in [6, 6.07) is 14.7. The maximum absolute atomic E-state index is 12.4. The molecular formula is C20H17N3O2. The van der Waals surface area contributed by atoms with Crippen molar-refractivity contribution >= 4 is 28.0 Å². The van der Waals surface area contributed by atoms with Crippen LogP contribution >= 0.6 is 0 Å². The smallest absolute Gasteiger partial charge is 0.230 e. The van der Waals surface area contributed by atoms with E-state index >= 15 is 0 Å². The van der Waals surface area contributed by atoms with Crippen LogP contribution in [0.25, 0.3) is 16.4 Å². The van der Waals surface area contributed by atoms with E-state index in [-0.39, 0.29) is 18.1 Å². The molecule has 0 radical (unpaired) electrons. The van der Waals surface area contributed by atoms with Crippen LogP contribution in [0.5, 0.6) is 5.75 Å². The zero-order chi connectivity index (χ0) is 17.4. The van der Waals surface area contributed by atoms with Crippen LogP contribution in [0, 0.1) is 6.92 Å². The van der Waals surface area contributed by atoms with Gasteiger partial charge in [-0.05, 0) is 30.7 Å². The Morgan fingerprint density at radius 2 is 1.92 bits per heavy atom. The monoisotopic (exact) mass is 331 g/mol. The van der Waals surface area contributed by atoms with Crippen LogP contribution < -0.4 is 5.32 Å². The first-order valence-corrected chi connectivity index (χ1v) is 8.05. The van der Waals surface area contributed by atoms with Gasteiger partial charge in [0.05, 0.1) is 12.1 Å². The molecule has 0 fully saturated rings. The number of anilines is 1. The third-order valence-corrected chi connectivity index (χ3v) is 4.24. The number of carbonyl (C=O) groups is 1. The van der Waals surface area contributed by atoms with Crippen molar-refractivity contribution in [3.8, 4) is 5.75 Å². The van der Waals surface area contributed by atoms with Gasteiger partial charge >= 0.3 is 0 Å². The average molecular weight is 331 g/mol. The molecule has 4 aromatic rings. The molecule has 2 aromatic carbocycles. The van der Waals surface area contributed by atoms with Gasteiger partial charge in [0.15, 0.2) is 0 Å². The molecule has 124 valence electrons. The Kier molecular flexibility index (Phi) is 3.61. The topological polar surface area (TPSA) is 66.6 Å². The van der Waals surface area contributed by atoms with Gasteiger partial charge in [0.25, 0.3) is 0 Å². The van der Waals surface area contributed by atoms with Gasteiger partial charge in [0.2, 0.25) is 5.91 Å². The standard InChI is InChI=1S/C20H17N3O2/c1-13-5-4-10-23-12-14(21-20(13)23)11-19(25)22-17-8-2-7-16-15(17)6-3-9-18(16)24/h2-10,12,24H,11H2,1H3,(H,22,25). The molecule has 0 spiro atoms. The largest absolute Gasteiger partial charge is 0.507 e. The Morgan fingerprint density at radius 1 is 1.12 bits per heavy atom. The molecule has 5 nitrogen and oxygen atoms in total. The first-order chi connectivity index (χ1) is 12.1. The molecule has 0 aliphatic rings. The number of nitrogens with one attached hydrogen (secondary N) is 1. The van der Waals surface area contributed by atoms with Crippen molar-refractivity contribution in [1.29, 1.82) is 0 Å². The van der Waals surface area contributed by atoms with E-state index in [0.29, 0.717) is 11.1 Å². The van der Waals surface area contributed by atoms with Crippen LogP contribution in [-0.4, -0.2) is 20.4 Å². The van der Waals surface area contributed by atoms with Crippen LogP contribution in [0.3, 0.4) is 0 Å². The number of hydrogen-bond donors (Lipinski definition) is 2. The van der Waals surface area contributed by atoms with E-state index in [1.165, 1.54) is 0 Å². The Hall–Kier alpha value is -3.34. The van der Waals surface area contributed by atoms with Gasteiger partial charge in [-0.15, -0.1) is 0 Å². The maximum Gasteiger partial charge on any atom is 0.230 e. The summed E-state index contributed by atoms with van der Waals surface area (Å²) in [5.74, 6) is 0.0568. The number of nitrogens with zero attached hydrogens (tertiary/aromatic N) is 2. The van der Waals surface area contributed by atoms with E-state index in [1.807, 2.05) is 60.1 Å². The number of amides is 1. The third kappa shape index (κ3) is 2.80. The lowest BCUT2D eigenvalue weighted by Crippen LogP contribution is -2.14. The average Bonchev–Trinajstić information content (AvgIpc) is 2.99. The molecule has 0 atom stereocenters. The fraction of sp³-hybridized carbons (Fsp3) is 0.100. The summed E-state index contributed by atoms with van der Waals surface area (Å²) in [4.78, 5) is 17.0. The highest BCUT2D eigenvalue weighted by Crippen LogP contribution is 2.29. The van der Waals surface area contributed by atoms with E-state index in [2.05, 4.69) is 10.3 Å². The lowest BCUT2D eigenvalue weighted by atomic mass is 10.1. The van der Waals surface area contributed by atoms with E-state index in [0.717, 1.165) is 22.3 Å². The molecule has 25 heavy (non-hydrogen) atoms. The summed E-state index contributed by atoms with van der Waals surface area (Å²) in [5, 5.41) is 14.4. The number of benzene rings is 2. The molecule has 5 heteroatoms. The summed E-state index contributed by atoms with van der Waals surface area (Å²) in [5.41, 5.74) is 3.33. The summed E-state index contributed by atoms with van der Waals surface area (Å²) < 4.78 is 1.92. The van der Waals surface area contributed by atoms with E-state index in [4.69, 9.17) is 0 Å². The van der Waals surface area contributed by atoms with Gasteiger partial charge in [0.1, 0.15) is 11.4 Å². The van der Waals surface area contributed by atoms with E-state index < -0.39 is 0 Å². The maximum atomic E-state index is 12.4. The quantitative estimate of drug-likeness (QED) is 0.602. The number of carbonyl (C=O) groups excluding carboxylic acids is 1. The molecule has 2 heterocycles. The van der Waals surface area contributed by atoms with E-state index in [1.54, 1.807) is 12.1 Å². The molecule has 1 amide bonds. The third-order valence-electron chi connectivity index (χ3n) is 4.24. The number of phenolic OH excluding ortho intramolecular Hbond substituents is 1. The molecule has 0 saturated carbocycles. The normalized spacial score (nSPS) is 11.1. The zero-order valence-corrected chi connectivity index (χ0v) is 13.7. The number of hydrogen-bond acceptors (Lipinski definition) is 3. The van der Waals surface area contributed by atoms with Gasteiger partial charge in [-0.25, -0.2) is 4.98 Å². The van der Waals surface area contributed by atoms with Gasteiger partial charge in [0, 0.05) is 28.9 Å². The zero-order valence-electron chi connectivity index (χ0n) is 13.7. The molecule has 2 N–H and O–H groups in total. The molecule has 0 aliphatic carbocycles. The minimum Gasteiger partial charge on any atom is -0.507 e. The predicted octanol–water partition coefficient (Wildman–Crippen LogP) is 3.68. The number of imidazole rings is 1. The van der Waals surface area contributed by atoms with Gasteiger partial charge in [-0.1, -0.05) is 30.3 Å². The second-order valence-corrected chi connectivity index (χ2v) is 6.06. The number of aryl methyl sites for hydroxylation is 1. The number of rotatable bonds is 3. The molecule has 0 unspecified atom stereocenters. The Morgan fingerprint density at radius 3 is 2.76 bits per heavy atom. The van der Waals surface area contributed by atoms with Crippen LogP contribution in [0.1, 0.15) is 11.3 Å². The van der Waals surface area contributed by atoms with Crippen molar-refractivity contribution in [1.82, 2.24) is 9.38 Å². The number of pyridine rings is 1. The molecule has 0 aliphatic heterocycles. The van der Waals surface area contributed by atoms with Gasteiger partial charge < -0.3 is 14.8 Å². The highest BCUT2D eigenvalue weighted by molar-refractivity contribution is 6.04. The summed E-state index contributed by atoms with van der Waals surface area (Å²) in [7, 11) is 0. The number of fused-ring (bicyclic) bond motifs is 2. The number of aromatic nitrogens is 2. The van der Waals surface area contributed by atoms with Crippen LogP contribution in [0.2, 0.25) is 0 Å². The second kappa shape index (κ2) is 5.94. The highest BCUT2D eigenvalue weighted by atomic mass is 16.3. The van der Waals surface area contributed by atoms with Crippen LogP contribution in [0.15, 0.2) is 60.9 Å². The number of aromatic hydroxyl groups is 1. The van der Waals surface area contributed by atoms with Crippen molar-refractivity contribution < 1.29 is 9.90 Å². The second-order valence-electron chi connectivity index (χ2n) is 6.06. The van der Waals surface area contributed by atoms with Crippen molar-refractivity contribution in [2.24, 2.45) is 0 Å². The lowest BCUT2D eigenvalue weighted by molar-refractivity contribution is -0.115. The summed E-state index contributed by atoms with van der Waals surface area (Å²) in [6.45, 7) is 1.99. The number of phenols is 1. The van der Waals surface area contributed by atoms with Crippen molar-refractivity contribution in [2.75, 3.05) is 5.32 Å². The van der Waals surface area contributed by atoms with Crippen molar-refractivity contribution in [3.63, 3.8) is 0 Å². The van der Waals surface area contributed by atoms with Crippen LogP contribution in [0.4, 0.5) is 5.69 Å². The van der Waals surface area contributed by atoms with Gasteiger partial charge in [-0.2, -0.15) is 0 Å². The molecular weight excluding hydrogens is 314 g/mol. The molecule has 2 aromatic heterocycles. The predicted molar refractivity (Wildman–Crippen MR) is 97.9 cm³/mol. The van der Waals surface area contributed by atoms with Crippen LogP contribution in [-0.2, 0) is 11.2 Å². The first-order valence-electron chi connectivity index (χ1n) is 8.05. The SMILES string of the molecule is Cc1cccn2cc(CC(=O)Nc3cccc4c(O)cccc34)nc12. The minimum atomic E-state index is -0.142. The van der Waals surface area contributed by atoms with E-state index in [9.17, 15) is 9.90 Å². The fourth-order valence-electron chi connectivity index (χ4n) is 3.05. The lowest BCUT2D eigenvalue weighted by Gasteiger charge is -2.09. The summed E-state index contributed by atoms with van der Waals surface area (Å²) in [6.07, 6.45) is 3.98. The molecule has 4 rings (SSSR count). The Bertz CT molecular complexity index is 1100. The Labute approximate surface area is 144 Å². The Balaban J connectivity index is 1.60. The van der Waals surface area contributed by atoms with Gasteiger partial charge in [-0.3, -0.25) is 4.79 Å². The van der Waals surface area contributed by atoms with Crippen molar-refractivity contribution in [3.05, 3.63) is 72.2 Å².